The fourth-order valence-corrected chi connectivity index (χ4v) is 2.03. The van der Waals surface area contributed by atoms with Crippen molar-refractivity contribution in [2.75, 3.05) is 0 Å². The second-order valence-corrected chi connectivity index (χ2v) is 5.23. The van der Waals surface area contributed by atoms with Gasteiger partial charge in [0.15, 0.2) is 0 Å². The molecular weight excluding hydrogens is 295 g/mol. The summed E-state index contributed by atoms with van der Waals surface area (Å²) in [5, 5.41) is 1.68. The highest BCUT2D eigenvalue weighted by atomic mass is 79.9. The molecular formula is C10H8BrO4P. The van der Waals surface area contributed by atoms with E-state index in [0.29, 0.717) is 5.75 Å². The number of hydrogen-bond donors (Lipinski definition) is 1. The zero-order valence-corrected chi connectivity index (χ0v) is 10.5. The lowest BCUT2D eigenvalue weighted by atomic mass is 10.1. The van der Waals surface area contributed by atoms with Crippen molar-refractivity contribution in [1.29, 1.82) is 0 Å². The Bertz CT molecular complexity index is 552. The predicted molar refractivity (Wildman–Crippen MR) is 64.4 cm³/mol. The number of hydrogen-bond acceptors (Lipinski definition) is 3. The first-order chi connectivity index (χ1) is 7.62. The molecule has 2 rings (SSSR count). The highest BCUT2D eigenvalue weighted by Crippen LogP contribution is 2.47. The summed E-state index contributed by atoms with van der Waals surface area (Å²) in [6, 6.07) is 12.6. The Morgan fingerprint density at radius 1 is 1.12 bits per heavy atom. The first-order valence-electron chi connectivity index (χ1n) is 4.43. The Morgan fingerprint density at radius 2 is 1.81 bits per heavy atom. The van der Waals surface area contributed by atoms with Gasteiger partial charge in [-0.05, 0) is 11.5 Å². The van der Waals surface area contributed by atoms with Gasteiger partial charge in [0.2, 0.25) is 0 Å². The number of fused-ring (bicyclic) bond motifs is 1. The summed E-state index contributed by atoms with van der Waals surface area (Å²) in [6.07, 6.45) is 0. The number of rotatable bonds is 3. The van der Waals surface area contributed by atoms with Crippen LogP contribution in [0.4, 0.5) is 0 Å². The smallest absolute Gasteiger partial charge is 0.403 e. The lowest BCUT2D eigenvalue weighted by Gasteiger charge is -2.11. The normalized spacial score (nSPS) is 14.6. The fraction of sp³-hybridized carbons (Fsp3) is 0. The van der Waals surface area contributed by atoms with Gasteiger partial charge in [-0.1, -0.05) is 36.4 Å². The van der Waals surface area contributed by atoms with Gasteiger partial charge in [0, 0.05) is 5.39 Å². The molecule has 16 heavy (non-hydrogen) atoms. The maximum absolute atomic E-state index is 11.3. The van der Waals surface area contributed by atoms with E-state index in [0.717, 1.165) is 10.8 Å². The maximum atomic E-state index is 11.3. The molecule has 0 aliphatic carbocycles. The largest absolute Gasteiger partial charge is 0.538 e. The van der Waals surface area contributed by atoms with Crippen LogP contribution in [-0.4, -0.2) is 4.89 Å². The quantitative estimate of drug-likeness (QED) is 0.879. The molecule has 0 fully saturated rings. The monoisotopic (exact) mass is 302 g/mol. The van der Waals surface area contributed by atoms with Gasteiger partial charge >= 0.3 is 7.82 Å². The van der Waals surface area contributed by atoms with Gasteiger partial charge in [-0.2, -0.15) is 3.62 Å². The van der Waals surface area contributed by atoms with Gasteiger partial charge in [0.1, 0.15) is 22.0 Å². The minimum Gasteiger partial charge on any atom is -0.403 e. The summed E-state index contributed by atoms with van der Waals surface area (Å²) in [4.78, 5) is 9.20. The third-order valence-electron chi connectivity index (χ3n) is 2.05. The molecule has 1 atom stereocenters. The van der Waals surface area contributed by atoms with Crippen molar-refractivity contribution < 1.29 is 17.6 Å². The summed E-state index contributed by atoms with van der Waals surface area (Å²) >= 11 is 2.45. The van der Waals surface area contributed by atoms with E-state index in [1.165, 1.54) is 0 Å². The zero-order chi connectivity index (χ0) is 11.6. The molecule has 0 aliphatic rings. The molecule has 0 radical (unpaired) electrons. The van der Waals surface area contributed by atoms with E-state index in [9.17, 15) is 9.46 Å². The molecule has 0 saturated carbocycles. The van der Waals surface area contributed by atoms with Crippen LogP contribution >= 0.6 is 24.1 Å². The number of phosphoric acid groups is 1. The van der Waals surface area contributed by atoms with Crippen molar-refractivity contribution in [1.82, 2.24) is 0 Å². The van der Waals surface area contributed by atoms with E-state index < -0.39 is 7.82 Å². The molecule has 4 nitrogen and oxygen atoms in total. The van der Waals surface area contributed by atoms with Crippen LogP contribution in [0.25, 0.3) is 10.8 Å². The van der Waals surface area contributed by atoms with E-state index in [1.54, 1.807) is 18.2 Å². The topological polar surface area (TPSA) is 55.8 Å². The Kier molecular flexibility index (Phi) is 3.30. The lowest BCUT2D eigenvalue weighted by molar-refractivity contribution is 0.313. The average molecular weight is 303 g/mol. The minimum absolute atomic E-state index is 0.309. The molecule has 0 saturated heterocycles. The second-order valence-electron chi connectivity index (χ2n) is 3.11. The third-order valence-corrected chi connectivity index (χ3v) is 3.75. The molecule has 2 aromatic carbocycles. The van der Waals surface area contributed by atoms with E-state index in [-0.39, 0.29) is 0 Å². The molecule has 0 bridgehead atoms. The van der Waals surface area contributed by atoms with Crippen molar-refractivity contribution >= 4 is 34.9 Å². The molecule has 0 aliphatic heterocycles. The Labute approximate surface area is 101 Å². The van der Waals surface area contributed by atoms with Crippen molar-refractivity contribution in [2.45, 2.75) is 0 Å². The van der Waals surface area contributed by atoms with Crippen LogP contribution < -0.4 is 4.52 Å². The van der Waals surface area contributed by atoms with Gasteiger partial charge in [0.05, 0.1) is 0 Å². The third kappa shape index (κ3) is 2.44. The first kappa shape index (κ1) is 11.6. The summed E-state index contributed by atoms with van der Waals surface area (Å²) in [7, 11) is -4.08. The van der Waals surface area contributed by atoms with E-state index in [2.05, 4.69) is 19.9 Å². The molecule has 84 valence electrons. The lowest BCUT2D eigenvalue weighted by Crippen LogP contribution is -1.91. The van der Waals surface area contributed by atoms with Gasteiger partial charge in [-0.3, -0.25) is 4.89 Å². The van der Waals surface area contributed by atoms with E-state index >= 15 is 0 Å². The summed E-state index contributed by atoms with van der Waals surface area (Å²) < 4.78 is 20.4. The van der Waals surface area contributed by atoms with Crippen LogP contribution in [0.5, 0.6) is 5.75 Å². The van der Waals surface area contributed by atoms with Crippen LogP contribution in [0.3, 0.4) is 0 Å². The van der Waals surface area contributed by atoms with Crippen molar-refractivity contribution in [2.24, 2.45) is 0 Å². The number of benzene rings is 2. The van der Waals surface area contributed by atoms with Crippen LogP contribution in [0.1, 0.15) is 0 Å². The van der Waals surface area contributed by atoms with E-state index in [4.69, 9.17) is 4.52 Å². The molecule has 1 unspecified atom stereocenters. The molecule has 0 heterocycles. The molecule has 1 N–H and O–H groups in total. The first-order valence-corrected chi connectivity index (χ1v) is 6.57. The highest BCUT2D eigenvalue weighted by Gasteiger charge is 2.22. The van der Waals surface area contributed by atoms with Gasteiger partial charge in [0.25, 0.3) is 0 Å². The van der Waals surface area contributed by atoms with Crippen LogP contribution in [0, 0.1) is 0 Å². The summed E-state index contributed by atoms with van der Waals surface area (Å²) in [5.74, 6) is 0.309. The zero-order valence-electron chi connectivity index (χ0n) is 8.04. The molecule has 0 spiro atoms. The number of halogens is 1. The highest BCUT2D eigenvalue weighted by molar-refractivity contribution is 9.06. The van der Waals surface area contributed by atoms with Crippen molar-refractivity contribution in [3.63, 3.8) is 0 Å². The maximum Gasteiger partial charge on any atom is 0.538 e. The van der Waals surface area contributed by atoms with Crippen LogP contribution in [0.15, 0.2) is 42.5 Å². The Balaban J connectivity index is 2.49. The summed E-state index contributed by atoms with van der Waals surface area (Å²) in [6.45, 7) is 0. The molecule has 6 heteroatoms. The molecule has 0 aromatic heterocycles. The standard InChI is InChI=1S/C10H8BrO4P/c11-15-16(12,13)14-10-7-3-5-8-4-1-2-6-9(8)10/h1-7H,(H,12,13). The predicted octanol–water partition coefficient (Wildman–Crippen LogP) is 3.65. The van der Waals surface area contributed by atoms with Crippen LogP contribution in [0.2, 0.25) is 0 Å². The van der Waals surface area contributed by atoms with Gasteiger partial charge in [-0.25, -0.2) is 4.57 Å². The van der Waals surface area contributed by atoms with Crippen LogP contribution in [-0.2, 0) is 8.18 Å². The Morgan fingerprint density at radius 3 is 2.56 bits per heavy atom. The Hall–Kier alpha value is -0.870. The fourth-order valence-electron chi connectivity index (χ4n) is 1.41. The average Bonchev–Trinajstić information content (AvgIpc) is 2.29. The molecule has 0 amide bonds. The second kappa shape index (κ2) is 4.55. The van der Waals surface area contributed by atoms with Crippen molar-refractivity contribution in [3.8, 4) is 5.75 Å². The van der Waals surface area contributed by atoms with Gasteiger partial charge < -0.3 is 4.52 Å². The van der Waals surface area contributed by atoms with Crippen molar-refractivity contribution in [3.05, 3.63) is 42.5 Å². The molecule has 2 aromatic rings. The van der Waals surface area contributed by atoms with E-state index in [1.807, 2.05) is 24.3 Å². The minimum atomic E-state index is -4.08. The van der Waals surface area contributed by atoms with Gasteiger partial charge in [-0.15, -0.1) is 0 Å². The SMILES string of the molecule is O=P(O)(OBr)Oc1cccc2ccccc12. The number of phosphoric ester groups is 1. The summed E-state index contributed by atoms with van der Waals surface area (Å²) in [5.41, 5.74) is 0.